The molecule has 32 heavy (non-hydrogen) atoms. The van der Waals surface area contributed by atoms with E-state index < -0.39 is 5.82 Å². The number of halogens is 2. The molecule has 0 saturated heterocycles. The molecule has 0 aliphatic carbocycles. The van der Waals surface area contributed by atoms with Gasteiger partial charge in [0.25, 0.3) is 5.56 Å². The van der Waals surface area contributed by atoms with Gasteiger partial charge in [0.1, 0.15) is 11.6 Å². The van der Waals surface area contributed by atoms with Gasteiger partial charge in [0.05, 0.1) is 27.0 Å². The Morgan fingerprint density at radius 1 is 0.906 bits per heavy atom. The summed E-state index contributed by atoms with van der Waals surface area (Å²) in [5.41, 5.74) is 3.24. The molecule has 154 valence electrons. The number of rotatable bonds is 2. The summed E-state index contributed by atoms with van der Waals surface area (Å²) in [4.78, 5) is 27.6. The molecule has 0 bridgehead atoms. The molecule has 5 nitrogen and oxygen atoms in total. The molecule has 0 atom stereocenters. The van der Waals surface area contributed by atoms with Crippen LogP contribution in [0.15, 0.2) is 78.0 Å². The fraction of sp³-hybridized carbons (Fsp3) is 0. The fourth-order valence-corrected chi connectivity index (χ4v) is 4.49. The normalized spacial score (nSPS) is 11.6. The van der Waals surface area contributed by atoms with Crippen LogP contribution in [0.25, 0.3) is 55.1 Å². The predicted molar refractivity (Wildman–Crippen MR) is 125 cm³/mol. The van der Waals surface area contributed by atoms with Crippen LogP contribution in [-0.4, -0.2) is 19.9 Å². The number of imidazole rings is 1. The topological polar surface area (TPSA) is 74.4 Å². The molecule has 0 amide bonds. The largest absolute Gasteiger partial charge is 0.337 e. The maximum atomic E-state index is 14.6. The Hall–Kier alpha value is -4.03. The molecule has 6 rings (SSSR count). The van der Waals surface area contributed by atoms with Crippen molar-refractivity contribution in [3.8, 4) is 22.5 Å². The molecular weight excluding hydrogens is 427 g/mol. The van der Waals surface area contributed by atoms with Gasteiger partial charge in [-0.3, -0.25) is 9.78 Å². The molecule has 0 saturated carbocycles. The Morgan fingerprint density at radius 3 is 2.56 bits per heavy atom. The summed E-state index contributed by atoms with van der Waals surface area (Å²) in [6, 6.07) is 16.1. The molecule has 0 fully saturated rings. The van der Waals surface area contributed by atoms with Crippen LogP contribution in [-0.2, 0) is 0 Å². The Kier molecular flexibility index (Phi) is 4.10. The highest BCUT2D eigenvalue weighted by molar-refractivity contribution is 6.33. The number of hydrogen-bond donors (Lipinski definition) is 2. The van der Waals surface area contributed by atoms with Crippen LogP contribution in [0.2, 0.25) is 5.02 Å². The number of nitrogens with zero attached hydrogens (tertiary/aromatic N) is 2. The van der Waals surface area contributed by atoms with E-state index >= 15 is 0 Å². The first kappa shape index (κ1) is 18.7. The molecule has 2 N–H and O–H groups in total. The van der Waals surface area contributed by atoms with Crippen molar-refractivity contribution in [1.29, 1.82) is 0 Å². The van der Waals surface area contributed by atoms with E-state index in [-0.39, 0.29) is 16.1 Å². The van der Waals surface area contributed by atoms with Gasteiger partial charge in [0.2, 0.25) is 0 Å². The first-order chi connectivity index (χ1) is 15.6. The molecule has 3 aromatic heterocycles. The van der Waals surface area contributed by atoms with Crippen LogP contribution < -0.4 is 5.56 Å². The monoisotopic (exact) mass is 440 g/mol. The zero-order valence-corrected chi connectivity index (χ0v) is 17.2. The first-order valence-corrected chi connectivity index (χ1v) is 10.3. The second kappa shape index (κ2) is 7.00. The highest BCUT2D eigenvalue weighted by Crippen LogP contribution is 2.37. The van der Waals surface area contributed by atoms with Crippen molar-refractivity contribution in [3.63, 3.8) is 0 Å². The lowest BCUT2D eigenvalue weighted by Gasteiger charge is -2.08. The smallest absolute Gasteiger partial charge is 0.256 e. The van der Waals surface area contributed by atoms with Gasteiger partial charge in [-0.15, -0.1) is 0 Å². The number of hydrogen-bond acceptors (Lipinski definition) is 3. The second-order valence-corrected chi connectivity index (χ2v) is 7.90. The molecule has 3 heterocycles. The highest BCUT2D eigenvalue weighted by Gasteiger charge is 2.19. The maximum absolute atomic E-state index is 14.6. The van der Waals surface area contributed by atoms with Crippen LogP contribution in [0.1, 0.15) is 0 Å². The molecular formula is C25H14ClFN4O. The van der Waals surface area contributed by atoms with E-state index in [0.29, 0.717) is 27.6 Å². The van der Waals surface area contributed by atoms with Crippen molar-refractivity contribution in [3.05, 3.63) is 94.4 Å². The van der Waals surface area contributed by atoms with Crippen molar-refractivity contribution in [2.75, 3.05) is 0 Å². The van der Waals surface area contributed by atoms with E-state index in [1.54, 1.807) is 30.7 Å². The summed E-state index contributed by atoms with van der Waals surface area (Å²) in [7, 11) is 0. The first-order valence-electron chi connectivity index (χ1n) is 9.93. The number of benzene rings is 3. The Balaban J connectivity index is 1.75. The molecule has 0 spiro atoms. The number of fused-ring (bicyclic) bond motifs is 6. The lowest BCUT2D eigenvalue weighted by molar-refractivity contribution is 0.630. The van der Waals surface area contributed by atoms with E-state index in [1.807, 2.05) is 36.4 Å². The number of H-pyrrole nitrogens is 2. The number of nitrogens with one attached hydrogen (secondary N) is 2. The minimum atomic E-state index is -0.469. The van der Waals surface area contributed by atoms with Gasteiger partial charge in [-0.05, 0) is 52.9 Å². The van der Waals surface area contributed by atoms with Gasteiger partial charge in [-0.1, -0.05) is 29.8 Å². The van der Waals surface area contributed by atoms with Gasteiger partial charge in [0, 0.05) is 29.4 Å². The summed E-state index contributed by atoms with van der Waals surface area (Å²) < 4.78 is 14.6. The molecule has 0 unspecified atom stereocenters. The van der Waals surface area contributed by atoms with Crippen molar-refractivity contribution in [2.24, 2.45) is 0 Å². The second-order valence-electron chi connectivity index (χ2n) is 7.50. The van der Waals surface area contributed by atoms with E-state index in [4.69, 9.17) is 16.6 Å². The molecule has 0 radical (unpaired) electrons. The van der Waals surface area contributed by atoms with Crippen molar-refractivity contribution in [1.82, 2.24) is 19.9 Å². The highest BCUT2D eigenvalue weighted by atomic mass is 35.5. The zero-order valence-electron chi connectivity index (χ0n) is 16.5. The van der Waals surface area contributed by atoms with Crippen LogP contribution >= 0.6 is 11.6 Å². The summed E-state index contributed by atoms with van der Waals surface area (Å²) in [5.74, 6) is -0.154. The standard InChI is InChI=1S/C25H14ClFN4O/c26-18-2-1-3-19(27)21(18)24-30-22-15-5-4-14(13-6-9-28-10-7-13)12-17(15)20-16(23(22)31-24)8-11-29-25(20)32/h1-12H,(H,29,32)(H,30,31). The van der Waals surface area contributed by atoms with Crippen molar-refractivity contribution >= 4 is 44.2 Å². The van der Waals surface area contributed by atoms with Crippen LogP contribution in [0, 0.1) is 5.82 Å². The Bertz CT molecular complexity index is 1700. The van der Waals surface area contributed by atoms with Crippen LogP contribution in [0.4, 0.5) is 4.39 Å². The summed E-state index contributed by atoms with van der Waals surface area (Å²) in [5, 5.41) is 3.06. The molecule has 0 aliphatic rings. The van der Waals surface area contributed by atoms with Crippen molar-refractivity contribution in [2.45, 2.75) is 0 Å². The van der Waals surface area contributed by atoms with E-state index in [9.17, 15) is 9.18 Å². The zero-order chi connectivity index (χ0) is 21.8. The summed E-state index contributed by atoms with van der Waals surface area (Å²) >= 11 is 6.28. The average Bonchev–Trinajstić information content (AvgIpc) is 3.24. The maximum Gasteiger partial charge on any atom is 0.256 e. The number of aromatic nitrogens is 4. The summed E-state index contributed by atoms with van der Waals surface area (Å²) in [6.07, 6.45) is 5.05. The third-order valence-electron chi connectivity index (χ3n) is 5.69. The third-order valence-corrected chi connectivity index (χ3v) is 6.01. The van der Waals surface area contributed by atoms with Gasteiger partial charge >= 0.3 is 0 Å². The third kappa shape index (κ3) is 2.73. The number of pyridine rings is 2. The lowest BCUT2D eigenvalue weighted by atomic mass is 9.97. The fourth-order valence-electron chi connectivity index (χ4n) is 4.24. The van der Waals surface area contributed by atoms with Crippen LogP contribution in [0.3, 0.4) is 0 Å². The Morgan fingerprint density at radius 2 is 1.75 bits per heavy atom. The number of aromatic amines is 2. The van der Waals surface area contributed by atoms with Gasteiger partial charge in [0.15, 0.2) is 0 Å². The SMILES string of the molecule is O=c1[nH]ccc2c3[nH]c(-c4c(F)cccc4Cl)nc3c3ccc(-c4ccncc4)cc3c12. The van der Waals surface area contributed by atoms with Crippen molar-refractivity contribution < 1.29 is 4.39 Å². The minimum Gasteiger partial charge on any atom is -0.337 e. The quantitative estimate of drug-likeness (QED) is 0.320. The Labute approximate surface area is 185 Å². The average molecular weight is 441 g/mol. The van der Waals surface area contributed by atoms with Gasteiger partial charge in [-0.25, -0.2) is 9.37 Å². The minimum absolute atomic E-state index is 0.199. The van der Waals surface area contributed by atoms with Gasteiger partial charge < -0.3 is 9.97 Å². The van der Waals surface area contributed by atoms with E-state index in [0.717, 1.165) is 21.9 Å². The predicted octanol–water partition coefficient (Wildman–Crippen LogP) is 6.08. The molecule has 0 aliphatic heterocycles. The molecule has 6 aromatic rings. The molecule has 7 heteroatoms. The van der Waals surface area contributed by atoms with Crippen LogP contribution in [0.5, 0.6) is 0 Å². The van der Waals surface area contributed by atoms with Gasteiger partial charge in [-0.2, -0.15) is 0 Å². The summed E-state index contributed by atoms with van der Waals surface area (Å²) in [6.45, 7) is 0. The lowest BCUT2D eigenvalue weighted by Crippen LogP contribution is -2.05. The van der Waals surface area contributed by atoms with E-state index in [2.05, 4.69) is 15.0 Å². The molecule has 3 aromatic carbocycles. The van der Waals surface area contributed by atoms with E-state index in [1.165, 1.54) is 6.07 Å².